The molecule has 5 nitrogen and oxygen atoms in total. The molecule has 2 aromatic carbocycles. The Morgan fingerprint density at radius 3 is 2.29 bits per heavy atom. The van der Waals surface area contributed by atoms with Crippen LogP contribution in [0.4, 0.5) is 0 Å². The summed E-state index contributed by atoms with van der Waals surface area (Å²) in [6.45, 7) is 0. The molecule has 2 rings (SSSR count). The lowest BCUT2D eigenvalue weighted by molar-refractivity contribution is -0.138. The molecule has 5 heteroatoms. The summed E-state index contributed by atoms with van der Waals surface area (Å²) in [6, 6.07) is 15.8. The smallest absolute Gasteiger partial charge is 0.320 e. The summed E-state index contributed by atoms with van der Waals surface area (Å²) in [5.74, 6) is -0.864. The van der Waals surface area contributed by atoms with E-state index in [0.29, 0.717) is 12.2 Å². The zero-order chi connectivity index (χ0) is 17.4. The highest BCUT2D eigenvalue weighted by Crippen LogP contribution is 2.15. The van der Waals surface area contributed by atoms with Gasteiger partial charge in [0, 0.05) is 6.42 Å². The second-order valence-corrected chi connectivity index (χ2v) is 5.61. The van der Waals surface area contributed by atoms with Gasteiger partial charge in [0.15, 0.2) is 0 Å². The van der Waals surface area contributed by atoms with E-state index >= 15 is 0 Å². The second kappa shape index (κ2) is 8.84. The van der Waals surface area contributed by atoms with E-state index in [9.17, 15) is 9.59 Å². The van der Waals surface area contributed by atoms with Crippen LogP contribution < -0.4 is 10.5 Å². The van der Waals surface area contributed by atoms with Crippen molar-refractivity contribution >= 4 is 11.9 Å². The van der Waals surface area contributed by atoms with Gasteiger partial charge in [-0.2, -0.15) is 0 Å². The van der Waals surface area contributed by atoms with Crippen LogP contribution in [0.25, 0.3) is 0 Å². The lowest BCUT2D eigenvalue weighted by atomic mass is 10.1. The zero-order valence-electron chi connectivity index (χ0n) is 13.4. The number of ether oxygens (including phenoxy) is 1. The number of aliphatic carboxylic acids is 1. The van der Waals surface area contributed by atoms with Crippen molar-refractivity contribution in [2.75, 3.05) is 0 Å². The SMILES string of the molecule is N[C@@H](Cc1ccc(OC(=O)CCCc2ccccc2)cc1)C(=O)O. The van der Waals surface area contributed by atoms with E-state index < -0.39 is 12.0 Å². The van der Waals surface area contributed by atoms with Crippen molar-refractivity contribution < 1.29 is 19.4 Å². The summed E-state index contributed by atoms with van der Waals surface area (Å²) in [6.07, 6.45) is 2.15. The van der Waals surface area contributed by atoms with E-state index in [1.54, 1.807) is 24.3 Å². The van der Waals surface area contributed by atoms with Gasteiger partial charge in [0.1, 0.15) is 11.8 Å². The van der Waals surface area contributed by atoms with Crippen molar-refractivity contribution in [2.24, 2.45) is 5.73 Å². The van der Waals surface area contributed by atoms with Gasteiger partial charge in [-0.3, -0.25) is 9.59 Å². The number of esters is 1. The Bertz CT molecular complexity index is 668. The highest BCUT2D eigenvalue weighted by atomic mass is 16.5. The minimum Gasteiger partial charge on any atom is -0.480 e. The van der Waals surface area contributed by atoms with Crippen LogP contribution in [0.5, 0.6) is 5.75 Å². The minimum absolute atomic E-state index is 0.237. The lowest BCUT2D eigenvalue weighted by Gasteiger charge is -2.08. The fraction of sp³-hybridized carbons (Fsp3) is 0.263. The van der Waals surface area contributed by atoms with Crippen LogP contribution in [0.2, 0.25) is 0 Å². The number of aryl methyl sites for hydroxylation is 1. The van der Waals surface area contributed by atoms with Crippen molar-refractivity contribution in [2.45, 2.75) is 31.7 Å². The van der Waals surface area contributed by atoms with E-state index in [2.05, 4.69) is 0 Å². The van der Waals surface area contributed by atoms with Gasteiger partial charge in [0.25, 0.3) is 0 Å². The molecule has 126 valence electrons. The topological polar surface area (TPSA) is 89.6 Å². The molecule has 3 N–H and O–H groups in total. The molecule has 24 heavy (non-hydrogen) atoms. The predicted octanol–water partition coefficient (Wildman–Crippen LogP) is 2.57. The van der Waals surface area contributed by atoms with Crippen LogP contribution in [0.15, 0.2) is 54.6 Å². The first kappa shape index (κ1) is 17.7. The Morgan fingerprint density at radius 1 is 1.00 bits per heavy atom. The predicted molar refractivity (Wildman–Crippen MR) is 90.8 cm³/mol. The number of nitrogens with two attached hydrogens (primary N) is 1. The van der Waals surface area contributed by atoms with Crippen LogP contribution in [-0.2, 0) is 22.4 Å². The fourth-order valence-corrected chi connectivity index (χ4v) is 2.30. The van der Waals surface area contributed by atoms with Gasteiger partial charge in [-0.15, -0.1) is 0 Å². The monoisotopic (exact) mass is 327 g/mol. The molecule has 0 saturated heterocycles. The summed E-state index contributed by atoms with van der Waals surface area (Å²) in [4.78, 5) is 22.6. The number of rotatable bonds is 8. The van der Waals surface area contributed by atoms with Gasteiger partial charge in [-0.1, -0.05) is 42.5 Å². The Hall–Kier alpha value is -2.66. The third kappa shape index (κ3) is 5.85. The van der Waals surface area contributed by atoms with Crippen LogP contribution in [0, 0.1) is 0 Å². The molecule has 0 bridgehead atoms. The molecule has 0 amide bonds. The van der Waals surface area contributed by atoms with Crippen molar-refractivity contribution in [3.05, 3.63) is 65.7 Å². The molecule has 0 aliphatic rings. The Labute approximate surface area is 141 Å². The van der Waals surface area contributed by atoms with Gasteiger partial charge in [0.2, 0.25) is 0 Å². The third-order valence-electron chi connectivity index (χ3n) is 3.62. The fourth-order valence-electron chi connectivity index (χ4n) is 2.30. The quantitative estimate of drug-likeness (QED) is 0.574. The van der Waals surface area contributed by atoms with Crippen molar-refractivity contribution in [1.82, 2.24) is 0 Å². The number of hydrogen-bond donors (Lipinski definition) is 2. The minimum atomic E-state index is -1.04. The molecule has 0 fully saturated rings. The molecule has 0 spiro atoms. The van der Waals surface area contributed by atoms with Crippen molar-refractivity contribution in [1.29, 1.82) is 0 Å². The summed E-state index contributed by atoms with van der Waals surface area (Å²) >= 11 is 0. The second-order valence-electron chi connectivity index (χ2n) is 5.61. The van der Waals surface area contributed by atoms with Crippen LogP contribution in [0.1, 0.15) is 24.0 Å². The molecule has 0 saturated carbocycles. The molecular weight excluding hydrogens is 306 g/mol. The molecule has 0 radical (unpaired) electrons. The summed E-state index contributed by atoms with van der Waals surface area (Å²) in [5.41, 5.74) is 7.47. The normalized spacial score (nSPS) is 11.7. The number of carbonyl (C=O) groups excluding carboxylic acids is 1. The zero-order valence-corrected chi connectivity index (χ0v) is 13.4. The Kier molecular flexibility index (Phi) is 6.51. The molecule has 0 aromatic heterocycles. The number of hydrogen-bond acceptors (Lipinski definition) is 4. The number of carboxylic acid groups (broad SMARTS) is 1. The van der Waals surface area contributed by atoms with E-state index in [1.807, 2.05) is 30.3 Å². The van der Waals surface area contributed by atoms with E-state index in [1.165, 1.54) is 5.56 Å². The standard InChI is InChI=1S/C19H21NO4/c20-17(19(22)23)13-15-9-11-16(12-10-15)24-18(21)8-4-7-14-5-2-1-3-6-14/h1-3,5-6,9-12,17H,4,7-8,13,20H2,(H,22,23)/t17-/m0/s1. The first-order valence-corrected chi connectivity index (χ1v) is 7.86. The van der Waals surface area contributed by atoms with Crippen molar-refractivity contribution in [3.8, 4) is 5.75 Å². The molecule has 0 heterocycles. The van der Waals surface area contributed by atoms with Gasteiger partial charge in [0.05, 0.1) is 0 Å². The molecule has 1 atom stereocenters. The Balaban J connectivity index is 1.76. The first-order valence-electron chi connectivity index (χ1n) is 7.86. The van der Waals surface area contributed by atoms with E-state index in [-0.39, 0.29) is 12.4 Å². The van der Waals surface area contributed by atoms with Gasteiger partial charge < -0.3 is 15.6 Å². The van der Waals surface area contributed by atoms with Crippen molar-refractivity contribution in [3.63, 3.8) is 0 Å². The van der Waals surface area contributed by atoms with Gasteiger partial charge in [-0.25, -0.2) is 0 Å². The number of carboxylic acids is 1. The third-order valence-corrected chi connectivity index (χ3v) is 3.62. The molecule has 0 aliphatic carbocycles. The lowest BCUT2D eigenvalue weighted by Crippen LogP contribution is -2.32. The highest BCUT2D eigenvalue weighted by Gasteiger charge is 2.12. The number of carbonyl (C=O) groups is 2. The molecule has 0 unspecified atom stereocenters. The van der Waals surface area contributed by atoms with E-state index in [4.69, 9.17) is 15.6 Å². The average Bonchev–Trinajstić information content (AvgIpc) is 2.57. The Morgan fingerprint density at radius 2 is 1.67 bits per heavy atom. The first-order chi connectivity index (χ1) is 11.5. The average molecular weight is 327 g/mol. The molecular formula is C19H21NO4. The van der Waals surface area contributed by atoms with Crippen LogP contribution >= 0.6 is 0 Å². The maximum absolute atomic E-state index is 11.8. The van der Waals surface area contributed by atoms with Gasteiger partial charge in [-0.05, 0) is 42.5 Å². The van der Waals surface area contributed by atoms with Crippen LogP contribution in [0.3, 0.4) is 0 Å². The van der Waals surface area contributed by atoms with Crippen LogP contribution in [-0.4, -0.2) is 23.1 Å². The summed E-state index contributed by atoms with van der Waals surface area (Å²) in [5, 5.41) is 8.79. The maximum Gasteiger partial charge on any atom is 0.320 e. The summed E-state index contributed by atoms with van der Waals surface area (Å²) < 4.78 is 5.27. The van der Waals surface area contributed by atoms with E-state index in [0.717, 1.165) is 18.4 Å². The van der Waals surface area contributed by atoms with Gasteiger partial charge >= 0.3 is 11.9 Å². The summed E-state index contributed by atoms with van der Waals surface area (Å²) in [7, 11) is 0. The molecule has 0 aliphatic heterocycles. The molecule has 2 aromatic rings. The largest absolute Gasteiger partial charge is 0.480 e. The highest BCUT2D eigenvalue weighted by molar-refractivity contribution is 5.73. The number of benzene rings is 2. The maximum atomic E-state index is 11.8.